The first-order valence-electron chi connectivity index (χ1n) is 12.4. The van der Waals surface area contributed by atoms with Crippen LogP contribution in [0.2, 0.25) is 0 Å². The van der Waals surface area contributed by atoms with Gasteiger partial charge in [-0.15, -0.1) is 0 Å². The van der Waals surface area contributed by atoms with E-state index in [2.05, 4.69) is 15.2 Å². The molecule has 0 spiro atoms. The fraction of sp³-hybridized carbons (Fsp3) is 0.560. The minimum Gasteiger partial charge on any atom is -0.487 e. The lowest BCUT2D eigenvalue weighted by Gasteiger charge is -2.38. The van der Waals surface area contributed by atoms with Gasteiger partial charge in [-0.05, 0) is 52.8 Å². The normalized spacial score (nSPS) is 18.8. The standard InChI is InChI=1S/C25H37N5O7S/c1-14(2)26-25(33)29(7)12-22-15(3)11-30(16(4)13-31)24(32)20-10-19(8-9-21(20)36-22)28-38(34,35)23-17(5)27-37-18(23)6/h8-10,14-16,22,28,31H,11-13H2,1-7H3,(H,26,33)/t15-,16-,22+/m0/s1. The highest BCUT2D eigenvalue weighted by atomic mass is 32.2. The summed E-state index contributed by atoms with van der Waals surface area (Å²) >= 11 is 0. The van der Waals surface area contributed by atoms with Crippen LogP contribution < -0.4 is 14.8 Å². The Morgan fingerprint density at radius 1 is 1.29 bits per heavy atom. The highest BCUT2D eigenvalue weighted by Crippen LogP contribution is 2.32. The number of aromatic nitrogens is 1. The van der Waals surface area contributed by atoms with Crippen LogP contribution in [0.5, 0.6) is 5.75 Å². The molecule has 0 radical (unpaired) electrons. The van der Waals surface area contributed by atoms with Crippen molar-refractivity contribution in [2.75, 3.05) is 31.5 Å². The van der Waals surface area contributed by atoms with E-state index in [0.717, 1.165) is 0 Å². The van der Waals surface area contributed by atoms with E-state index < -0.39 is 28.1 Å². The van der Waals surface area contributed by atoms with E-state index in [-0.39, 0.29) is 71.0 Å². The Morgan fingerprint density at radius 3 is 2.55 bits per heavy atom. The molecule has 0 saturated heterocycles. The number of aryl methyl sites for hydroxylation is 2. The molecule has 1 aromatic carbocycles. The molecule has 3 rings (SSSR count). The van der Waals surface area contributed by atoms with E-state index in [1.807, 2.05) is 20.8 Å². The van der Waals surface area contributed by atoms with Crippen LogP contribution in [0.4, 0.5) is 10.5 Å². The van der Waals surface area contributed by atoms with Gasteiger partial charge in [0.15, 0.2) is 10.7 Å². The van der Waals surface area contributed by atoms with Gasteiger partial charge in [0.25, 0.3) is 15.9 Å². The Bertz CT molecular complexity index is 1260. The lowest BCUT2D eigenvalue weighted by Crippen LogP contribution is -2.51. The van der Waals surface area contributed by atoms with Crippen LogP contribution in [0.1, 0.15) is 49.5 Å². The van der Waals surface area contributed by atoms with E-state index >= 15 is 0 Å². The molecule has 1 aliphatic rings. The van der Waals surface area contributed by atoms with Crippen molar-refractivity contribution >= 4 is 27.6 Å². The van der Waals surface area contributed by atoms with Crippen LogP contribution in [0.25, 0.3) is 0 Å². The summed E-state index contributed by atoms with van der Waals surface area (Å²) in [6.45, 7) is 10.7. The van der Waals surface area contributed by atoms with Gasteiger partial charge in [-0.2, -0.15) is 0 Å². The summed E-state index contributed by atoms with van der Waals surface area (Å²) in [6.07, 6.45) is -0.483. The maximum atomic E-state index is 13.6. The molecular formula is C25H37N5O7S. The number of ether oxygens (including phenoxy) is 1. The SMILES string of the molecule is Cc1noc(C)c1S(=O)(=O)Nc1ccc2c(c1)C(=O)N([C@@H](C)CO)C[C@H](C)[C@@H](CN(C)C(=O)NC(C)C)O2. The molecule has 3 amide bonds. The number of fused-ring (bicyclic) bond motifs is 1. The van der Waals surface area contributed by atoms with Gasteiger partial charge in [-0.1, -0.05) is 12.1 Å². The van der Waals surface area contributed by atoms with Crippen molar-refractivity contribution in [3.63, 3.8) is 0 Å². The molecule has 3 N–H and O–H groups in total. The number of aliphatic hydroxyl groups is 1. The summed E-state index contributed by atoms with van der Waals surface area (Å²) < 4.78 is 39.8. The van der Waals surface area contributed by atoms with Crippen LogP contribution in [0.3, 0.4) is 0 Å². The number of carbonyl (C=O) groups excluding carboxylic acids is 2. The van der Waals surface area contributed by atoms with E-state index in [4.69, 9.17) is 9.26 Å². The smallest absolute Gasteiger partial charge is 0.317 e. The number of nitrogens with one attached hydrogen (secondary N) is 2. The van der Waals surface area contributed by atoms with E-state index in [0.29, 0.717) is 0 Å². The van der Waals surface area contributed by atoms with Crippen molar-refractivity contribution in [3.8, 4) is 5.75 Å². The fourth-order valence-corrected chi connectivity index (χ4v) is 5.66. The van der Waals surface area contributed by atoms with Gasteiger partial charge >= 0.3 is 6.03 Å². The summed E-state index contributed by atoms with van der Waals surface area (Å²) in [7, 11) is -2.38. The number of amides is 3. The van der Waals surface area contributed by atoms with Gasteiger partial charge in [-0.25, -0.2) is 13.2 Å². The third kappa shape index (κ3) is 6.38. The number of hydrogen-bond donors (Lipinski definition) is 3. The molecule has 3 atom stereocenters. The van der Waals surface area contributed by atoms with Gasteiger partial charge in [0.1, 0.15) is 17.5 Å². The molecule has 2 heterocycles. The van der Waals surface area contributed by atoms with Crippen molar-refractivity contribution in [3.05, 3.63) is 35.2 Å². The molecule has 12 nitrogen and oxygen atoms in total. The Hall–Kier alpha value is -3.32. The number of rotatable bonds is 8. The van der Waals surface area contributed by atoms with Crippen LogP contribution in [-0.2, 0) is 10.0 Å². The first-order chi connectivity index (χ1) is 17.7. The van der Waals surface area contributed by atoms with Gasteiger partial charge in [-0.3, -0.25) is 9.52 Å². The molecule has 1 aliphatic heterocycles. The van der Waals surface area contributed by atoms with Crippen LogP contribution in [-0.4, -0.2) is 85.4 Å². The average Bonchev–Trinajstić information content (AvgIpc) is 3.19. The second-order valence-electron chi connectivity index (χ2n) is 10.1. The number of carbonyl (C=O) groups is 2. The Labute approximate surface area is 223 Å². The minimum absolute atomic E-state index is 0.0347. The highest BCUT2D eigenvalue weighted by Gasteiger charge is 2.34. The first kappa shape index (κ1) is 29.2. The Balaban J connectivity index is 1.98. The largest absolute Gasteiger partial charge is 0.487 e. The number of aliphatic hydroxyl groups excluding tert-OH is 1. The lowest BCUT2D eigenvalue weighted by molar-refractivity contribution is 0.0366. The number of hydrogen-bond acceptors (Lipinski definition) is 8. The van der Waals surface area contributed by atoms with Crippen molar-refractivity contribution in [2.45, 2.75) is 64.6 Å². The van der Waals surface area contributed by atoms with Gasteiger partial charge in [0.05, 0.1) is 24.8 Å². The zero-order valence-corrected chi connectivity index (χ0v) is 23.6. The molecule has 13 heteroatoms. The van der Waals surface area contributed by atoms with E-state index in [9.17, 15) is 23.1 Å². The number of sulfonamides is 1. The minimum atomic E-state index is -4.04. The third-order valence-corrected chi connectivity index (χ3v) is 7.99. The average molecular weight is 552 g/mol. The molecular weight excluding hydrogens is 514 g/mol. The molecule has 1 aromatic heterocycles. The summed E-state index contributed by atoms with van der Waals surface area (Å²) in [6, 6.07) is 3.65. The highest BCUT2D eigenvalue weighted by molar-refractivity contribution is 7.92. The summed E-state index contributed by atoms with van der Waals surface area (Å²) in [5.74, 6) is -0.199. The van der Waals surface area contributed by atoms with Crippen molar-refractivity contribution in [2.24, 2.45) is 5.92 Å². The number of likely N-dealkylation sites (N-methyl/N-ethyl adjacent to an activating group) is 1. The van der Waals surface area contributed by atoms with E-state index in [1.165, 1.54) is 36.9 Å². The Morgan fingerprint density at radius 2 is 1.97 bits per heavy atom. The maximum Gasteiger partial charge on any atom is 0.317 e. The van der Waals surface area contributed by atoms with E-state index in [1.54, 1.807) is 18.9 Å². The number of urea groups is 1. The predicted molar refractivity (Wildman–Crippen MR) is 141 cm³/mol. The van der Waals surface area contributed by atoms with Gasteiger partial charge in [0.2, 0.25) is 0 Å². The number of anilines is 1. The molecule has 0 bridgehead atoms. The predicted octanol–water partition coefficient (Wildman–Crippen LogP) is 2.36. The molecule has 0 aliphatic carbocycles. The maximum absolute atomic E-state index is 13.6. The van der Waals surface area contributed by atoms with Crippen LogP contribution in [0.15, 0.2) is 27.6 Å². The molecule has 0 saturated carbocycles. The molecule has 0 fully saturated rings. The number of nitrogens with zero attached hydrogens (tertiary/aromatic N) is 3. The van der Waals surface area contributed by atoms with Crippen molar-refractivity contribution in [1.29, 1.82) is 0 Å². The monoisotopic (exact) mass is 551 g/mol. The van der Waals surface area contributed by atoms with Crippen LogP contribution >= 0.6 is 0 Å². The summed E-state index contributed by atoms with van der Waals surface area (Å²) in [4.78, 5) is 29.1. The molecule has 2 aromatic rings. The van der Waals surface area contributed by atoms with Crippen molar-refractivity contribution < 1.29 is 32.4 Å². The molecule has 210 valence electrons. The zero-order chi connectivity index (χ0) is 28.4. The fourth-order valence-electron chi connectivity index (χ4n) is 4.28. The molecule has 0 unspecified atom stereocenters. The first-order valence-corrected chi connectivity index (χ1v) is 13.9. The summed E-state index contributed by atoms with van der Waals surface area (Å²) in [5.41, 5.74) is 0.498. The third-order valence-electron chi connectivity index (χ3n) is 6.37. The lowest BCUT2D eigenvalue weighted by atomic mass is 9.99. The topological polar surface area (TPSA) is 154 Å². The quantitative estimate of drug-likeness (QED) is 0.452. The second kappa shape index (κ2) is 11.6. The van der Waals surface area contributed by atoms with Crippen LogP contribution in [0, 0.1) is 19.8 Å². The zero-order valence-electron chi connectivity index (χ0n) is 22.8. The molecule has 38 heavy (non-hydrogen) atoms. The summed E-state index contributed by atoms with van der Waals surface area (Å²) in [5, 5.41) is 16.4. The van der Waals surface area contributed by atoms with Gasteiger partial charge in [0, 0.05) is 31.2 Å². The number of benzene rings is 1. The van der Waals surface area contributed by atoms with Crippen molar-refractivity contribution in [1.82, 2.24) is 20.3 Å². The second-order valence-corrected chi connectivity index (χ2v) is 11.7. The Kier molecular flexibility index (Phi) is 8.93. The van der Waals surface area contributed by atoms with Gasteiger partial charge < -0.3 is 29.5 Å².